The average molecular weight is 465 g/mol. The van der Waals surface area contributed by atoms with E-state index in [1.54, 1.807) is 4.40 Å². The Balaban J connectivity index is 1.48. The fourth-order valence-electron chi connectivity index (χ4n) is 4.67. The summed E-state index contributed by atoms with van der Waals surface area (Å²) in [5, 5.41) is 8.46. The predicted octanol–water partition coefficient (Wildman–Crippen LogP) is 5.43. The van der Waals surface area contributed by atoms with Crippen molar-refractivity contribution >= 4 is 28.3 Å². The number of hydrogen-bond donors (Lipinski definition) is 0. The molecule has 1 saturated carbocycles. The highest BCUT2D eigenvalue weighted by Gasteiger charge is 2.58. The summed E-state index contributed by atoms with van der Waals surface area (Å²) in [4.78, 5) is 6.09. The number of nitrogens with zero attached hydrogens (tertiary/aromatic N) is 5. The third-order valence-electron chi connectivity index (χ3n) is 6.81. The maximum absolute atomic E-state index is 14.4. The molecule has 5 nitrogen and oxygen atoms in total. The molecule has 3 heterocycles. The summed E-state index contributed by atoms with van der Waals surface area (Å²) in [6.45, 7) is 1.54. The van der Waals surface area contributed by atoms with Crippen LogP contribution in [0.1, 0.15) is 37.3 Å². The van der Waals surface area contributed by atoms with Crippen LogP contribution in [0.3, 0.4) is 0 Å². The van der Waals surface area contributed by atoms with Gasteiger partial charge in [-0.2, -0.15) is 0 Å². The van der Waals surface area contributed by atoms with Gasteiger partial charge in [0.05, 0.1) is 16.3 Å². The molecule has 2 aromatic heterocycles. The molecule has 0 bridgehead atoms. The third kappa shape index (κ3) is 3.05. The maximum atomic E-state index is 14.4. The molecule has 0 N–H and O–H groups in total. The zero-order valence-corrected chi connectivity index (χ0v) is 18.2. The number of fused-ring (bicyclic) bond motifs is 4. The minimum Gasteiger partial charge on any atom is -0.310 e. The molecule has 0 spiro atoms. The van der Waals surface area contributed by atoms with Crippen LogP contribution in [0.4, 0.5) is 29.2 Å². The van der Waals surface area contributed by atoms with Crippen LogP contribution >= 0.6 is 0 Å². The molecular weight excluding hydrogens is 446 g/mol. The molecule has 0 saturated heterocycles. The Morgan fingerprint density at radius 1 is 1.09 bits per heavy atom. The molecule has 4 aromatic rings. The normalized spacial score (nSPS) is 16.9. The van der Waals surface area contributed by atoms with Crippen LogP contribution in [-0.4, -0.2) is 32.0 Å². The third-order valence-corrected chi connectivity index (χ3v) is 6.81. The molecule has 34 heavy (non-hydrogen) atoms. The van der Waals surface area contributed by atoms with Gasteiger partial charge in [0.2, 0.25) is 5.95 Å². The number of anilines is 2. The van der Waals surface area contributed by atoms with Crippen molar-refractivity contribution in [3.05, 3.63) is 59.3 Å². The SMILES string of the molecule is CC(F)(F)C1(C#Cc2cccc3c2CCCN3c2nnc3ncc4c(F)c(F)ccc4n23)CC1. The van der Waals surface area contributed by atoms with Gasteiger partial charge < -0.3 is 4.90 Å². The second-order valence-corrected chi connectivity index (χ2v) is 8.97. The fourth-order valence-corrected chi connectivity index (χ4v) is 4.67. The first-order valence-electron chi connectivity index (χ1n) is 11.1. The van der Waals surface area contributed by atoms with Gasteiger partial charge in [-0.25, -0.2) is 26.9 Å². The lowest BCUT2D eigenvalue weighted by atomic mass is 9.95. The number of hydrogen-bond acceptors (Lipinski definition) is 4. The zero-order valence-electron chi connectivity index (χ0n) is 18.2. The molecule has 0 radical (unpaired) electrons. The van der Waals surface area contributed by atoms with Gasteiger partial charge in [0.25, 0.3) is 11.7 Å². The van der Waals surface area contributed by atoms with Crippen LogP contribution in [-0.2, 0) is 6.42 Å². The maximum Gasteiger partial charge on any atom is 0.261 e. The fraction of sp³-hybridized carbons (Fsp3) is 0.320. The molecule has 9 heteroatoms. The Kier molecular flexibility index (Phi) is 4.40. The van der Waals surface area contributed by atoms with Gasteiger partial charge in [-0.3, -0.25) is 0 Å². The van der Waals surface area contributed by atoms with Crippen LogP contribution in [0.25, 0.3) is 16.7 Å². The molecule has 0 amide bonds. The van der Waals surface area contributed by atoms with Crippen molar-refractivity contribution in [2.24, 2.45) is 5.41 Å². The highest BCUT2D eigenvalue weighted by atomic mass is 19.3. The first kappa shape index (κ1) is 20.9. The lowest BCUT2D eigenvalue weighted by molar-refractivity contribution is -0.0294. The quantitative estimate of drug-likeness (QED) is 0.293. The van der Waals surface area contributed by atoms with Crippen molar-refractivity contribution in [1.82, 2.24) is 19.6 Å². The summed E-state index contributed by atoms with van der Waals surface area (Å²) in [6, 6.07) is 8.13. The van der Waals surface area contributed by atoms with Gasteiger partial charge in [-0.1, -0.05) is 17.9 Å². The van der Waals surface area contributed by atoms with E-state index in [1.165, 1.54) is 12.3 Å². The second kappa shape index (κ2) is 7.16. The van der Waals surface area contributed by atoms with Crippen LogP contribution in [0.2, 0.25) is 0 Å². The summed E-state index contributed by atoms with van der Waals surface area (Å²) < 4.78 is 57.8. The molecule has 1 aliphatic carbocycles. The van der Waals surface area contributed by atoms with Gasteiger partial charge in [0, 0.05) is 30.9 Å². The van der Waals surface area contributed by atoms with Crippen molar-refractivity contribution in [3.63, 3.8) is 0 Å². The van der Waals surface area contributed by atoms with E-state index in [2.05, 4.69) is 27.0 Å². The second-order valence-electron chi connectivity index (χ2n) is 8.97. The lowest BCUT2D eigenvalue weighted by Gasteiger charge is -2.30. The summed E-state index contributed by atoms with van der Waals surface area (Å²) in [5.74, 6) is 1.78. The number of halogens is 4. The topological polar surface area (TPSA) is 46.3 Å². The molecule has 2 aromatic carbocycles. The van der Waals surface area contributed by atoms with E-state index in [9.17, 15) is 17.6 Å². The predicted molar refractivity (Wildman–Crippen MR) is 119 cm³/mol. The van der Waals surface area contributed by atoms with Gasteiger partial charge in [0.1, 0.15) is 0 Å². The Morgan fingerprint density at radius 3 is 2.68 bits per heavy atom. The molecule has 1 fully saturated rings. The van der Waals surface area contributed by atoms with Gasteiger partial charge in [-0.05, 0) is 55.5 Å². The molecule has 6 rings (SSSR count). The molecule has 172 valence electrons. The van der Waals surface area contributed by atoms with Crippen molar-refractivity contribution in [2.75, 3.05) is 11.4 Å². The Morgan fingerprint density at radius 2 is 1.91 bits per heavy atom. The van der Waals surface area contributed by atoms with E-state index in [1.807, 2.05) is 23.1 Å². The summed E-state index contributed by atoms with van der Waals surface area (Å²) in [7, 11) is 0. The summed E-state index contributed by atoms with van der Waals surface area (Å²) in [6.07, 6.45) is 3.55. The highest BCUT2D eigenvalue weighted by Crippen LogP contribution is 2.56. The van der Waals surface area contributed by atoms with E-state index in [0.29, 0.717) is 36.4 Å². The summed E-state index contributed by atoms with van der Waals surface area (Å²) >= 11 is 0. The minimum atomic E-state index is -2.84. The van der Waals surface area contributed by atoms with Gasteiger partial charge in [0.15, 0.2) is 11.6 Å². The number of benzene rings is 2. The van der Waals surface area contributed by atoms with Crippen molar-refractivity contribution in [3.8, 4) is 11.8 Å². The van der Waals surface area contributed by atoms with Crippen LogP contribution in [0.15, 0.2) is 36.5 Å². The first-order chi connectivity index (χ1) is 16.3. The molecule has 1 aliphatic heterocycles. The van der Waals surface area contributed by atoms with Crippen LogP contribution in [0.5, 0.6) is 0 Å². The van der Waals surface area contributed by atoms with E-state index < -0.39 is 23.0 Å². The van der Waals surface area contributed by atoms with Crippen molar-refractivity contribution in [1.29, 1.82) is 0 Å². The number of rotatable bonds is 2. The molecule has 0 unspecified atom stereocenters. The lowest BCUT2D eigenvalue weighted by Crippen LogP contribution is -2.27. The van der Waals surface area contributed by atoms with E-state index >= 15 is 0 Å². The van der Waals surface area contributed by atoms with Crippen LogP contribution in [0, 0.1) is 28.9 Å². The smallest absolute Gasteiger partial charge is 0.261 e. The van der Waals surface area contributed by atoms with Crippen molar-refractivity contribution < 1.29 is 17.6 Å². The molecule has 0 atom stereocenters. The Bertz CT molecular complexity index is 1520. The molecular formula is C25H19F4N5. The first-order valence-corrected chi connectivity index (χ1v) is 11.1. The minimum absolute atomic E-state index is 0.0284. The Labute approximate surface area is 192 Å². The van der Waals surface area contributed by atoms with Gasteiger partial charge >= 0.3 is 0 Å². The average Bonchev–Trinajstić information content (AvgIpc) is 3.51. The van der Waals surface area contributed by atoms with Crippen molar-refractivity contribution in [2.45, 2.75) is 38.5 Å². The zero-order chi connectivity index (χ0) is 23.7. The van der Waals surface area contributed by atoms with E-state index in [0.717, 1.165) is 37.1 Å². The Hall–Kier alpha value is -3.67. The largest absolute Gasteiger partial charge is 0.310 e. The number of aromatic nitrogens is 4. The molecule has 2 aliphatic rings. The van der Waals surface area contributed by atoms with Gasteiger partial charge in [-0.15, -0.1) is 10.2 Å². The summed E-state index contributed by atoms with van der Waals surface area (Å²) in [5.41, 5.74) is 1.64. The monoisotopic (exact) mass is 465 g/mol. The highest BCUT2D eigenvalue weighted by molar-refractivity contribution is 5.83. The van der Waals surface area contributed by atoms with E-state index in [4.69, 9.17) is 0 Å². The number of alkyl halides is 2. The standard InChI is InChI=1S/C25H19F4N5/c1-24(28,29)25(11-12-25)10-9-15-4-2-6-19-16(15)5-3-13-33(19)23-32-31-22-30-14-17-20(34(22)23)8-7-18(26)21(17)27/h2,4,6-8,14H,3,5,11-13H2,1H3. The van der Waals surface area contributed by atoms with Crippen LogP contribution < -0.4 is 4.90 Å². The van der Waals surface area contributed by atoms with E-state index in [-0.39, 0.29) is 11.2 Å².